The van der Waals surface area contributed by atoms with Gasteiger partial charge in [-0.1, -0.05) is 86.8 Å². The summed E-state index contributed by atoms with van der Waals surface area (Å²) in [6.07, 6.45) is 0.848. The summed E-state index contributed by atoms with van der Waals surface area (Å²) in [7, 11) is 0. The second kappa shape index (κ2) is 30.0. The first-order chi connectivity index (χ1) is 30.6. The molecule has 0 aromatic rings. The lowest BCUT2D eigenvalue weighted by Crippen LogP contribution is -2.61. The lowest BCUT2D eigenvalue weighted by molar-refractivity contribution is -0.277. The van der Waals surface area contributed by atoms with Crippen molar-refractivity contribution in [1.82, 2.24) is 0 Å². The maximum atomic E-state index is 12.9. The third-order valence-corrected chi connectivity index (χ3v) is 11.7. The minimum atomic E-state index is -1.95. The predicted octanol–water partition coefficient (Wildman–Crippen LogP) is 0.778. The van der Waals surface area contributed by atoms with Crippen molar-refractivity contribution in [3.05, 3.63) is 72.9 Å². The van der Waals surface area contributed by atoms with E-state index in [0.717, 1.165) is 12.8 Å². The number of carbonyl (C=O) groups excluding carboxylic acids is 2. The van der Waals surface area contributed by atoms with Gasteiger partial charge in [-0.2, -0.15) is 0 Å². The molecule has 65 heavy (non-hydrogen) atoms. The summed E-state index contributed by atoms with van der Waals surface area (Å²) < 4.78 is 17.0. The number of aliphatic hydroxyl groups is 10. The molecule has 1 fully saturated rings. The highest BCUT2D eigenvalue weighted by molar-refractivity contribution is 5.81. The van der Waals surface area contributed by atoms with E-state index in [1.165, 1.54) is 13.0 Å². The van der Waals surface area contributed by atoms with E-state index >= 15 is 0 Å². The normalized spacial score (nSPS) is 42.5. The molecule has 0 aromatic carbocycles. The van der Waals surface area contributed by atoms with Crippen LogP contribution in [0.1, 0.15) is 91.9 Å². The van der Waals surface area contributed by atoms with Crippen molar-refractivity contribution in [2.24, 2.45) is 23.5 Å². The van der Waals surface area contributed by atoms with E-state index in [0.29, 0.717) is 0 Å². The van der Waals surface area contributed by atoms with Crippen molar-refractivity contribution in [1.29, 1.82) is 0 Å². The summed E-state index contributed by atoms with van der Waals surface area (Å²) in [6.45, 7) is 6.73. The van der Waals surface area contributed by atoms with E-state index in [9.17, 15) is 70.6 Å². The van der Waals surface area contributed by atoms with Gasteiger partial charge in [0.05, 0.1) is 79.6 Å². The Bertz CT molecular complexity index is 1600. The number of cyclic esters (lactones) is 1. The number of Topliss-reactive ketones (excluding diaryl/α,β-unsaturated/α-hetero) is 1. The van der Waals surface area contributed by atoms with Gasteiger partial charge in [0.2, 0.25) is 0 Å². The van der Waals surface area contributed by atoms with Gasteiger partial charge in [-0.05, 0) is 52.4 Å². The molecule has 2 aliphatic rings. The molecule has 2 aliphatic heterocycles. The lowest BCUT2D eigenvalue weighted by atomic mass is 9.88. The summed E-state index contributed by atoms with van der Waals surface area (Å²) in [5.74, 6) is -5.88. The SMILES string of the molecule is C[C@@H]1[C@H](O)[C@H](C)/C=C\C=C/CC\C=C/C=C\C=C/C=C\[C@H](O[C@@H]2O[C@H](C)[C@@H](O)[C@H](N)[C@@H]2O)C[C@H](O)[C@H](C(=O)O)[C@H](O)CC(=O)C[C@H](O)[C@H](O)CC[C@H](O)C[C@H](O)C[C@H](O)CC(=O)O[C@@H]1C. The molecule has 2 rings (SSSR count). The fourth-order valence-electron chi connectivity index (χ4n) is 7.45. The topological polar surface area (TPSA) is 327 Å². The number of aliphatic carboxylic acids is 1. The molecule has 0 bridgehead atoms. The standard InChI is InChI=1S/C47H75NO17/c1-27-17-15-13-11-9-7-5-6-8-10-12-14-16-18-35(65-47-45(60)42(48)44(59)30(4)64-47)26-39(56)41(46(61)62)38(55)24-34(52)23-37(54)36(53)20-19-31(49)21-32(50)22-33(51)25-40(57)63-29(3)28(2)43(27)58/h5-6,8,10-18,27-33,35-39,41-45,47,49-51,53-56,58-60H,7,9,19-26,48H2,1-4H3,(H,61,62)/b6-5-,10-8-,13-11-,14-12-,17-15-,18-16-/t27-,28+,29-,30-,31+,32+,33+,35+,36-,37+,38-,39+,41-,42+,43-,44-,45+,47+/m1/s1. The molecule has 370 valence electrons. The van der Waals surface area contributed by atoms with Gasteiger partial charge in [0.1, 0.15) is 23.9 Å². The quantitative estimate of drug-likeness (QED) is 0.174. The molecule has 0 aliphatic carbocycles. The van der Waals surface area contributed by atoms with Crippen LogP contribution in [0.2, 0.25) is 0 Å². The van der Waals surface area contributed by atoms with Gasteiger partial charge in [-0.3, -0.25) is 14.4 Å². The van der Waals surface area contributed by atoms with Crippen LogP contribution in [0, 0.1) is 17.8 Å². The minimum Gasteiger partial charge on any atom is -0.481 e. The Kier molecular flexibility index (Phi) is 26.6. The van der Waals surface area contributed by atoms with Gasteiger partial charge in [-0.25, -0.2) is 0 Å². The second-order valence-electron chi connectivity index (χ2n) is 17.4. The van der Waals surface area contributed by atoms with E-state index in [-0.39, 0.29) is 31.6 Å². The van der Waals surface area contributed by atoms with Crippen LogP contribution in [0.25, 0.3) is 0 Å². The number of esters is 1. The number of nitrogens with two attached hydrogens (primary N) is 1. The summed E-state index contributed by atoms with van der Waals surface area (Å²) in [5, 5.41) is 116. The number of aliphatic hydroxyl groups excluding tert-OH is 10. The van der Waals surface area contributed by atoms with Crippen molar-refractivity contribution < 1.29 is 84.8 Å². The zero-order valence-corrected chi connectivity index (χ0v) is 37.8. The van der Waals surface area contributed by atoms with E-state index in [4.69, 9.17) is 19.9 Å². The Morgan fingerprint density at radius 3 is 1.83 bits per heavy atom. The van der Waals surface area contributed by atoms with Gasteiger partial charge in [0.15, 0.2) is 6.29 Å². The van der Waals surface area contributed by atoms with Crippen molar-refractivity contribution >= 4 is 17.7 Å². The number of hydrogen-bond donors (Lipinski definition) is 12. The van der Waals surface area contributed by atoms with Crippen molar-refractivity contribution in [3.8, 4) is 0 Å². The molecule has 18 heteroatoms. The third-order valence-electron chi connectivity index (χ3n) is 11.7. The zero-order valence-electron chi connectivity index (χ0n) is 37.8. The number of ether oxygens (including phenoxy) is 3. The molecule has 13 N–H and O–H groups in total. The maximum Gasteiger partial charge on any atom is 0.311 e. The zero-order chi connectivity index (χ0) is 48.8. The fraction of sp³-hybridized carbons (Fsp3) is 0.681. The molecule has 0 amide bonds. The smallest absolute Gasteiger partial charge is 0.311 e. The Labute approximate surface area is 381 Å². The number of hydrogen-bond acceptors (Lipinski definition) is 17. The molecule has 2 heterocycles. The first-order valence-corrected chi connectivity index (χ1v) is 22.4. The molecular formula is C47H75NO17. The third kappa shape index (κ3) is 21.4. The average Bonchev–Trinajstić information content (AvgIpc) is 3.22. The highest BCUT2D eigenvalue weighted by Gasteiger charge is 2.43. The lowest BCUT2D eigenvalue weighted by Gasteiger charge is -2.41. The van der Waals surface area contributed by atoms with Gasteiger partial charge in [0.25, 0.3) is 0 Å². The average molecular weight is 926 g/mol. The van der Waals surface area contributed by atoms with Crippen LogP contribution in [-0.2, 0) is 28.6 Å². The van der Waals surface area contributed by atoms with Crippen LogP contribution in [0.4, 0.5) is 0 Å². The summed E-state index contributed by atoms with van der Waals surface area (Å²) in [5.41, 5.74) is 5.96. The fourth-order valence-corrected chi connectivity index (χ4v) is 7.45. The molecule has 1 saturated heterocycles. The Morgan fingerprint density at radius 2 is 1.18 bits per heavy atom. The van der Waals surface area contributed by atoms with Crippen LogP contribution in [0.15, 0.2) is 72.9 Å². The second-order valence-corrected chi connectivity index (χ2v) is 17.4. The van der Waals surface area contributed by atoms with Crippen LogP contribution in [-0.4, -0.2) is 166 Å². The molecule has 18 atom stereocenters. The van der Waals surface area contributed by atoms with E-state index in [1.807, 2.05) is 43.4 Å². The molecule has 18 nitrogen and oxygen atoms in total. The molecule has 0 unspecified atom stereocenters. The first kappa shape index (κ1) is 57.7. The molecule has 0 spiro atoms. The molecule has 0 radical (unpaired) electrons. The Balaban J connectivity index is 2.26. The summed E-state index contributed by atoms with van der Waals surface area (Å²) in [4.78, 5) is 37.8. The van der Waals surface area contributed by atoms with Crippen molar-refractivity contribution in [3.63, 3.8) is 0 Å². The Hall–Kier alpha value is -3.47. The Morgan fingerprint density at radius 1 is 0.615 bits per heavy atom. The summed E-state index contributed by atoms with van der Waals surface area (Å²) >= 11 is 0. The molecule has 0 aromatic heterocycles. The number of allylic oxidation sites excluding steroid dienone is 10. The van der Waals surface area contributed by atoms with Gasteiger partial charge in [0, 0.05) is 31.1 Å². The monoisotopic (exact) mass is 926 g/mol. The first-order valence-electron chi connectivity index (χ1n) is 22.4. The maximum absolute atomic E-state index is 12.9. The van der Waals surface area contributed by atoms with E-state index < -0.39 is 147 Å². The highest BCUT2D eigenvalue weighted by atomic mass is 16.7. The number of carbonyl (C=O) groups is 3. The number of ketones is 1. The van der Waals surface area contributed by atoms with Crippen LogP contribution < -0.4 is 5.73 Å². The highest BCUT2D eigenvalue weighted by Crippen LogP contribution is 2.26. The number of rotatable bonds is 3. The van der Waals surface area contributed by atoms with Crippen molar-refractivity contribution in [2.45, 2.75) is 184 Å². The van der Waals surface area contributed by atoms with Crippen molar-refractivity contribution in [2.75, 3.05) is 0 Å². The molecular weight excluding hydrogens is 851 g/mol. The van der Waals surface area contributed by atoms with Crippen LogP contribution >= 0.6 is 0 Å². The molecule has 0 saturated carbocycles. The van der Waals surface area contributed by atoms with Crippen LogP contribution in [0.3, 0.4) is 0 Å². The largest absolute Gasteiger partial charge is 0.481 e. The number of carboxylic acids is 1. The van der Waals surface area contributed by atoms with Gasteiger partial charge in [-0.15, -0.1) is 0 Å². The van der Waals surface area contributed by atoms with Crippen LogP contribution in [0.5, 0.6) is 0 Å². The predicted molar refractivity (Wildman–Crippen MR) is 238 cm³/mol. The minimum absolute atomic E-state index is 0.144. The van der Waals surface area contributed by atoms with E-state index in [1.54, 1.807) is 44.2 Å². The number of carboxylic acid groups (broad SMARTS) is 1. The summed E-state index contributed by atoms with van der Waals surface area (Å²) in [6, 6.07) is -1.15. The van der Waals surface area contributed by atoms with Gasteiger partial charge < -0.3 is 76.1 Å². The van der Waals surface area contributed by atoms with Gasteiger partial charge >= 0.3 is 11.9 Å². The van der Waals surface area contributed by atoms with E-state index in [2.05, 4.69) is 0 Å².